The molecule has 3 nitrogen and oxygen atoms in total. The summed E-state index contributed by atoms with van der Waals surface area (Å²) in [6.45, 7) is 4.23. The van der Waals surface area contributed by atoms with E-state index in [1.165, 1.54) is 16.7 Å². The van der Waals surface area contributed by atoms with Crippen molar-refractivity contribution in [2.24, 2.45) is 0 Å². The lowest BCUT2D eigenvalue weighted by Gasteiger charge is -2.02. The van der Waals surface area contributed by atoms with Crippen molar-refractivity contribution in [3.05, 3.63) is 47.8 Å². The van der Waals surface area contributed by atoms with Crippen LogP contribution in [0, 0.1) is 13.8 Å². The van der Waals surface area contributed by atoms with E-state index in [4.69, 9.17) is 0 Å². The van der Waals surface area contributed by atoms with Crippen molar-refractivity contribution in [2.75, 3.05) is 6.26 Å². The zero-order valence-electron chi connectivity index (χ0n) is 11.2. The zero-order valence-corrected chi connectivity index (χ0v) is 12.0. The Morgan fingerprint density at radius 3 is 2.74 bits per heavy atom. The lowest BCUT2D eigenvalue weighted by molar-refractivity contribution is 0.921. The number of rotatable bonds is 2. The molecule has 3 rings (SSSR count). The van der Waals surface area contributed by atoms with E-state index in [-0.39, 0.29) is 0 Å². The summed E-state index contributed by atoms with van der Waals surface area (Å²) in [6, 6.07) is 8.56. The van der Waals surface area contributed by atoms with Crippen LogP contribution in [-0.4, -0.2) is 20.9 Å². The molecule has 3 aromatic rings. The topological polar surface area (TPSA) is 30.2 Å². The zero-order chi connectivity index (χ0) is 13.4. The molecular formula is C15H15N3S. The molecule has 0 aliphatic heterocycles. The number of aryl methyl sites for hydroxylation is 2. The van der Waals surface area contributed by atoms with Gasteiger partial charge in [-0.05, 0) is 31.7 Å². The summed E-state index contributed by atoms with van der Waals surface area (Å²) in [5.74, 6) is 0. The van der Waals surface area contributed by atoms with E-state index in [1.807, 2.05) is 17.0 Å². The third-order valence-corrected chi connectivity index (χ3v) is 3.91. The van der Waals surface area contributed by atoms with E-state index in [2.05, 4.69) is 48.2 Å². The third-order valence-electron chi connectivity index (χ3n) is 3.21. The monoisotopic (exact) mass is 269 g/mol. The molecule has 0 spiro atoms. The second-order valence-corrected chi connectivity index (χ2v) is 5.41. The average molecular weight is 269 g/mol. The second-order valence-electron chi connectivity index (χ2n) is 4.61. The van der Waals surface area contributed by atoms with Crippen LogP contribution in [0.3, 0.4) is 0 Å². The SMILES string of the molecule is CSc1nccn2nc(-c3ccc(C)cc3C)cc12. The first-order valence-electron chi connectivity index (χ1n) is 6.15. The molecule has 0 amide bonds. The van der Waals surface area contributed by atoms with Gasteiger partial charge >= 0.3 is 0 Å². The number of thioether (sulfide) groups is 1. The van der Waals surface area contributed by atoms with E-state index in [9.17, 15) is 0 Å². The number of hydrogen-bond donors (Lipinski definition) is 0. The molecule has 0 saturated heterocycles. The molecule has 0 aliphatic rings. The van der Waals surface area contributed by atoms with E-state index in [0.717, 1.165) is 16.2 Å². The molecule has 96 valence electrons. The maximum atomic E-state index is 4.65. The van der Waals surface area contributed by atoms with E-state index in [0.29, 0.717) is 0 Å². The van der Waals surface area contributed by atoms with Gasteiger partial charge in [0, 0.05) is 18.0 Å². The van der Waals surface area contributed by atoms with Gasteiger partial charge in [-0.2, -0.15) is 5.10 Å². The minimum atomic E-state index is 1.00. The van der Waals surface area contributed by atoms with Crippen LogP contribution in [0.25, 0.3) is 16.8 Å². The summed E-state index contributed by atoms with van der Waals surface area (Å²) in [5, 5.41) is 5.65. The Hall–Kier alpha value is -1.81. The van der Waals surface area contributed by atoms with Gasteiger partial charge in [-0.25, -0.2) is 9.50 Å². The number of benzene rings is 1. The van der Waals surface area contributed by atoms with Gasteiger partial charge in [0.1, 0.15) is 5.03 Å². The number of fused-ring (bicyclic) bond motifs is 1. The molecule has 0 unspecified atom stereocenters. The number of nitrogens with zero attached hydrogens (tertiary/aromatic N) is 3. The number of aromatic nitrogens is 3. The highest BCUT2D eigenvalue weighted by atomic mass is 32.2. The fraction of sp³-hybridized carbons (Fsp3) is 0.200. The molecule has 4 heteroatoms. The van der Waals surface area contributed by atoms with E-state index < -0.39 is 0 Å². The van der Waals surface area contributed by atoms with Gasteiger partial charge in [0.2, 0.25) is 0 Å². The predicted octanol–water partition coefficient (Wildman–Crippen LogP) is 3.74. The van der Waals surface area contributed by atoms with Crippen molar-refractivity contribution in [1.29, 1.82) is 0 Å². The Bertz CT molecular complexity index is 746. The highest BCUT2D eigenvalue weighted by Gasteiger charge is 2.10. The molecule has 0 atom stereocenters. The average Bonchev–Trinajstić information content (AvgIpc) is 2.81. The van der Waals surface area contributed by atoms with Crippen LogP contribution in [0.4, 0.5) is 0 Å². The van der Waals surface area contributed by atoms with Crippen molar-refractivity contribution in [3.63, 3.8) is 0 Å². The van der Waals surface area contributed by atoms with Gasteiger partial charge in [-0.1, -0.05) is 23.8 Å². The standard InChI is InChI=1S/C15H15N3S/c1-10-4-5-12(11(2)8-10)13-9-14-15(19-3)16-6-7-18(14)17-13/h4-9H,1-3H3. The maximum absolute atomic E-state index is 4.65. The van der Waals surface area contributed by atoms with Crippen LogP contribution in [0.2, 0.25) is 0 Å². The molecule has 0 fully saturated rings. The van der Waals surface area contributed by atoms with Crippen molar-refractivity contribution >= 4 is 17.3 Å². The smallest absolute Gasteiger partial charge is 0.122 e. The van der Waals surface area contributed by atoms with Crippen LogP contribution in [0.15, 0.2) is 41.7 Å². The lowest BCUT2D eigenvalue weighted by atomic mass is 10.0. The van der Waals surface area contributed by atoms with Gasteiger partial charge in [0.05, 0.1) is 11.2 Å². The molecule has 0 radical (unpaired) electrons. The highest BCUT2D eigenvalue weighted by Crippen LogP contribution is 2.27. The minimum Gasteiger partial charge on any atom is -0.246 e. The first-order valence-corrected chi connectivity index (χ1v) is 7.37. The Labute approximate surface area is 116 Å². The van der Waals surface area contributed by atoms with Gasteiger partial charge < -0.3 is 0 Å². The Balaban J connectivity index is 2.20. The van der Waals surface area contributed by atoms with Gasteiger partial charge in [0.25, 0.3) is 0 Å². The van der Waals surface area contributed by atoms with Crippen molar-refractivity contribution < 1.29 is 0 Å². The summed E-state index contributed by atoms with van der Waals surface area (Å²) in [5.41, 5.74) is 5.77. The fourth-order valence-corrected chi connectivity index (χ4v) is 2.82. The van der Waals surface area contributed by atoms with Crippen LogP contribution in [0.5, 0.6) is 0 Å². The van der Waals surface area contributed by atoms with Gasteiger partial charge in [-0.3, -0.25) is 0 Å². The molecule has 1 aromatic carbocycles. The van der Waals surface area contributed by atoms with Crippen LogP contribution >= 0.6 is 11.8 Å². The largest absolute Gasteiger partial charge is 0.246 e. The summed E-state index contributed by atoms with van der Waals surface area (Å²) < 4.78 is 1.90. The Morgan fingerprint density at radius 1 is 1.16 bits per heavy atom. The molecule has 0 bridgehead atoms. The minimum absolute atomic E-state index is 1.00. The first kappa shape index (κ1) is 12.2. The van der Waals surface area contributed by atoms with E-state index in [1.54, 1.807) is 18.0 Å². The normalized spacial score (nSPS) is 11.1. The van der Waals surface area contributed by atoms with Crippen molar-refractivity contribution in [1.82, 2.24) is 14.6 Å². The molecule has 2 heterocycles. The highest BCUT2D eigenvalue weighted by molar-refractivity contribution is 7.98. The van der Waals surface area contributed by atoms with Gasteiger partial charge in [-0.15, -0.1) is 11.8 Å². The predicted molar refractivity (Wildman–Crippen MR) is 79.7 cm³/mol. The fourth-order valence-electron chi connectivity index (χ4n) is 2.29. The summed E-state index contributed by atoms with van der Waals surface area (Å²) in [4.78, 5) is 4.37. The molecular weight excluding hydrogens is 254 g/mol. The summed E-state index contributed by atoms with van der Waals surface area (Å²) in [7, 11) is 0. The molecule has 19 heavy (non-hydrogen) atoms. The Morgan fingerprint density at radius 2 is 2.00 bits per heavy atom. The lowest BCUT2D eigenvalue weighted by Crippen LogP contribution is -1.90. The molecule has 0 N–H and O–H groups in total. The van der Waals surface area contributed by atoms with Crippen molar-refractivity contribution in [2.45, 2.75) is 18.9 Å². The van der Waals surface area contributed by atoms with E-state index >= 15 is 0 Å². The molecule has 0 aliphatic carbocycles. The second kappa shape index (κ2) is 4.70. The molecule has 0 saturated carbocycles. The molecule has 2 aromatic heterocycles. The van der Waals surface area contributed by atoms with Crippen LogP contribution < -0.4 is 0 Å². The summed E-state index contributed by atoms with van der Waals surface area (Å²) in [6.07, 6.45) is 5.71. The van der Waals surface area contributed by atoms with Crippen molar-refractivity contribution in [3.8, 4) is 11.3 Å². The van der Waals surface area contributed by atoms with Crippen LogP contribution in [0.1, 0.15) is 11.1 Å². The number of hydrogen-bond acceptors (Lipinski definition) is 3. The van der Waals surface area contributed by atoms with Crippen LogP contribution in [-0.2, 0) is 0 Å². The quantitative estimate of drug-likeness (QED) is 0.664. The van der Waals surface area contributed by atoms with Gasteiger partial charge in [0.15, 0.2) is 0 Å². The summed E-state index contributed by atoms with van der Waals surface area (Å²) >= 11 is 1.64. The third kappa shape index (κ3) is 2.12. The Kier molecular flexibility index (Phi) is 3.03. The maximum Gasteiger partial charge on any atom is 0.122 e. The first-order chi connectivity index (χ1) is 9.19.